The zero-order chi connectivity index (χ0) is 13.9. The van der Waals surface area contributed by atoms with Gasteiger partial charge in [0.2, 0.25) is 0 Å². The van der Waals surface area contributed by atoms with Gasteiger partial charge in [0.1, 0.15) is 17.5 Å². The molecule has 0 fully saturated rings. The summed E-state index contributed by atoms with van der Waals surface area (Å²) in [5.74, 6) is 0.467. The van der Waals surface area contributed by atoms with E-state index in [1.165, 1.54) is 0 Å². The van der Waals surface area contributed by atoms with Crippen molar-refractivity contribution in [3.05, 3.63) is 41.9 Å². The first-order valence-corrected chi connectivity index (χ1v) is 5.83. The molecule has 2 rings (SSSR count). The van der Waals surface area contributed by atoms with Crippen molar-refractivity contribution in [1.29, 1.82) is 5.26 Å². The molecule has 0 saturated heterocycles. The first-order chi connectivity index (χ1) is 9.03. The predicted molar refractivity (Wildman–Crippen MR) is 70.2 cm³/mol. The maximum Gasteiger partial charge on any atom is 0.143 e. The van der Waals surface area contributed by atoms with Crippen LogP contribution in [0.2, 0.25) is 0 Å². The Morgan fingerprint density at radius 1 is 1.58 bits per heavy atom. The van der Waals surface area contributed by atoms with Crippen LogP contribution in [0.3, 0.4) is 0 Å². The topological polar surface area (TPSA) is 86.8 Å². The van der Waals surface area contributed by atoms with Gasteiger partial charge in [-0.2, -0.15) is 10.4 Å². The van der Waals surface area contributed by atoms with Gasteiger partial charge in [-0.1, -0.05) is 0 Å². The third-order valence-electron chi connectivity index (χ3n) is 2.85. The van der Waals surface area contributed by atoms with Gasteiger partial charge in [0, 0.05) is 31.5 Å². The summed E-state index contributed by atoms with van der Waals surface area (Å²) in [5.41, 5.74) is 0.0693. The molecular formula is C13H15N5O. The lowest BCUT2D eigenvalue weighted by Crippen LogP contribution is -2.30. The van der Waals surface area contributed by atoms with Gasteiger partial charge in [-0.3, -0.25) is 4.68 Å². The SMILES string of the molecule is Cn1cc(C(C)(O)CNc2ncccc2C#N)cn1. The van der Waals surface area contributed by atoms with Crippen molar-refractivity contribution in [1.82, 2.24) is 14.8 Å². The van der Waals surface area contributed by atoms with Crippen LogP contribution in [0, 0.1) is 11.3 Å². The molecule has 2 N–H and O–H groups in total. The van der Waals surface area contributed by atoms with E-state index < -0.39 is 5.60 Å². The van der Waals surface area contributed by atoms with E-state index in [-0.39, 0.29) is 6.54 Å². The van der Waals surface area contributed by atoms with Crippen LogP contribution in [0.15, 0.2) is 30.7 Å². The molecular weight excluding hydrogens is 242 g/mol. The zero-order valence-electron chi connectivity index (χ0n) is 10.8. The van der Waals surface area contributed by atoms with Crippen molar-refractivity contribution in [2.75, 3.05) is 11.9 Å². The molecule has 98 valence electrons. The van der Waals surface area contributed by atoms with E-state index >= 15 is 0 Å². The number of nitrogens with one attached hydrogen (secondary N) is 1. The fraction of sp³-hybridized carbons (Fsp3) is 0.308. The molecule has 0 bridgehead atoms. The summed E-state index contributed by atoms with van der Waals surface area (Å²) < 4.78 is 1.63. The van der Waals surface area contributed by atoms with E-state index in [0.29, 0.717) is 16.9 Å². The zero-order valence-corrected chi connectivity index (χ0v) is 10.8. The summed E-state index contributed by atoms with van der Waals surface area (Å²) in [6.45, 7) is 1.93. The molecule has 0 aromatic carbocycles. The second-order valence-corrected chi connectivity index (χ2v) is 4.54. The first-order valence-electron chi connectivity index (χ1n) is 5.83. The quantitative estimate of drug-likeness (QED) is 0.853. The van der Waals surface area contributed by atoms with E-state index in [1.807, 2.05) is 0 Å². The molecule has 0 saturated carbocycles. The number of aromatic nitrogens is 3. The largest absolute Gasteiger partial charge is 0.383 e. The molecule has 2 aromatic rings. The van der Waals surface area contributed by atoms with Crippen molar-refractivity contribution >= 4 is 5.82 Å². The van der Waals surface area contributed by atoms with Gasteiger partial charge >= 0.3 is 0 Å². The summed E-state index contributed by atoms with van der Waals surface area (Å²) >= 11 is 0. The Morgan fingerprint density at radius 3 is 3.00 bits per heavy atom. The van der Waals surface area contributed by atoms with Gasteiger partial charge in [-0.05, 0) is 19.1 Å². The van der Waals surface area contributed by atoms with Gasteiger partial charge < -0.3 is 10.4 Å². The molecule has 0 radical (unpaired) electrons. The molecule has 6 nitrogen and oxygen atoms in total. The molecule has 0 spiro atoms. The van der Waals surface area contributed by atoms with Gasteiger partial charge in [-0.15, -0.1) is 0 Å². The maximum atomic E-state index is 10.4. The minimum atomic E-state index is -1.08. The lowest BCUT2D eigenvalue weighted by molar-refractivity contribution is 0.0713. The minimum Gasteiger partial charge on any atom is -0.383 e. The predicted octanol–water partition coefficient (Wildman–Crippen LogP) is 1.01. The summed E-state index contributed by atoms with van der Waals surface area (Å²) in [6.07, 6.45) is 4.97. The summed E-state index contributed by atoms with van der Waals surface area (Å²) in [4.78, 5) is 4.09. The summed E-state index contributed by atoms with van der Waals surface area (Å²) in [6, 6.07) is 5.42. The number of aliphatic hydroxyl groups is 1. The van der Waals surface area contributed by atoms with Gasteiger partial charge in [0.15, 0.2) is 0 Å². The van der Waals surface area contributed by atoms with E-state index in [2.05, 4.69) is 21.5 Å². The average molecular weight is 257 g/mol. The van der Waals surface area contributed by atoms with Crippen molar-refractivity contribution in [2.24, 2.45) is 7.05 Å². The van der Waals surface area contributed by atoms with Crippen molar-refractivity contribution in [3.63, 3.8) is 0 Å². The Balaban J connectivity index is 2.12. The highest BCUT2D eigenvalue weighted by molar-refractivity contribution is 5.51. The van der Waals surface area contributed by atoms with Crippen LogP contribution in [-0.4, -0.2) is 26.4 Å². The van der Waals surface area contributed by atoms with Crippen molar-refractivity contribution in [3.8, 4) is 6.07 Å². The number of anilines is 1. The van der Waals surface area contributed by atoms with Crippen LogP contribution in [0.5, 0.6) is 0 Å². The number of nitriles is 1. The number of hydrogen-bond donors (Lipinski definition) is 2. The van der Waals surface area contributed by atoms with Crippen LogP contribution in [0.4, 0.5) is 5.82 Å². The van der Waals surface area contributed by atoms with E-state index in [1.54, 1.807) is 49.4 Å². The molecule has 2 heterocycles. The number of pyridine rings is 1. The number of nitrogens with zero attached hydrogens (tertiary/aromatic N) is 4. The number of hydrogen-bond acceptors (Lipinski definition) is 5. The first kappa shape index (κ1) is 13.1. The molecule has 0 aliphatic carbocycles. The summed E-state index contributed by atoms with van der Waals surface area (Å²) in [5, 5.41) is 26.4. The Hall–Kier alpha value is -2.39. The van der Waals surface area contributed by atoms with Crippen molar-refractivity contribution in [2.45, 2.75) is 12.5 Å². The fourth-order valence-electron chi connectivity index (χ4n) is 1.69. The standard InChI is InChI=1S/C13H15N5O/c1-13(19,11-7-17-18(2)8-11)9-16-12-10(6-14)4-3-5-15-12/h3-5,7-8,19H,9H2,1-2H3,(H,15,16). The molecule has 19 heavy (non-hydrogen) atoms. The Labute approximate surface area is 111 Å². The Bertz CT molecular complexity index is 611. The van der Waals surface area contributed by atoms with Crippen LogP contribution in [0.1, 0.15) is 18.1 Å². The highest BCUT2D eigenvalue weighted by Gasteiger charge is 2.24. The molecule has 1 atom stereocenters. The van der Waals surface area contributed by atoms with E-state index in [0.717, 1.165) is 0 Å². The molecule has 0 aliphatic heterocycles. The van der Waals surface area contributed by atoms with Crippen LogP contribution < -0.4 is 5.32 Å². The maximum absolute atomic E-state index is 10.4. The number of rotatable bonds is 4. The second kappa shape index (κ2) is 5.08. The lowest BCUT2D eigenvalue weighted by atomic mass is 10.00. The van der Waals surface area contributed by atoms with Gasteiger partial charge in [-0.25, -0.2) is 4.98 Å². The molecule has 1 unspecified atom stereocenters. The monoisotopic (exact) mass is 257 g/mol. The normalized spacial score (nSPS) is 13.6. The third-order valence-corrected chi connectivity index (χ3v) is 2.85. The minimum absolute atomic E-state index is 0.240. The molecule has 6 heteroatoms. The van der Waals surface area contributed by atoms with Crippen LogP contribution in [0.25, 0.3) is 0 Å². The van der Waals surface area contributed by atoms with Crippen molar-refractivity contribution < 1.29 is 5.11 Å². The molecule has 0 amide bonds. The molecule has 0 aliphatic rings. The lowest BCUT2D eigenvalue weighted by Gasteiger charge is -2.22. The number of aryl methyl sites for hydroxylation is 1. The highest BCUT2D eigenvalue weighted by Crippen LogP contribution is 2.21. The van der Waals surface area contributed by atoms with Gasteiger partial charge in [0.25, 0.3) is 0 Å². The average Bonchev–Trinajstić information content (AvgIpc) is 2.84. The third kappa shape index (κ3) is 2.89. The molecule has 2 aromatic heterocycles. The fourth-order valence-corrected chi connectivity index (χ4v) is 1.69. The second-order valence-electron chi connectivity index (χ2n) is 4.54. The van der Waals surface area contributed by atoms with Crippen LogP contribution >= 0.6 is 0 Å². The Kier molecular flexibility index (Phi) is 3.49. The van der Waals surface area contributed by atoms with E-state index in [4.69, 9.17) is 5.26 Å². The van der Waals surface area contributed by atoms with Gasteiger partial charge in [0.05, 0.1) is 11.8 Å². The summed E-state index contributed by atoms with van der Waals surface area (Å²) in [7, 11) is 1.79. The highest BCUT2D eigenvalue weighted by atomic mass is 16.3. The Morgan fingerprint density at radius 2 is 2.37 bits per heavy atom. The van der Waals surface area contributed by atoms with Crippen LogP contribution in [-0.2, 0) is 12.6 Å². The smallest absolute Gasteiger partial charge is 0.143 e. The van der Waals surface area contributed by atoms with E-state index in [9.17, 15) is 5.11 Å².